The van der Waals surface area contributed by atoms with Gasteiger partial charge in [-0.3, -0.25) is 0 Å². The molecule has 2 heterocycles. The minimum Gasteiger partial charge on any atom is -0.376 e. The lowest BCUT2D eigenvalue weighted by atomic mass is 10.2. The molecular weight excluding hydrogens is 260 g/mol. The predicted octanol–water partition coefficient (Wildman–Crippen LogP) is 4.12. The number of aromatic nitrogens is 2. The third-order valence-corrected chi connectivity index (χ3v) is 3.08. The Kier molecular flexibility index (Phi) is 5.98. The van der Waals surface area contributed by atoms with E-state index in [1.165, 1.54) is 11.1 Å². The van der Waals surface area contributed by atoms with E-state index in [4.69, 9.17) is 4.74 Å². The van der Waals surface area contributed by atoms with E-state index < -0.39 is 0 Å². The zero-order valence-corrected chi connectivity index (χ0v) is 12.7. The molecule has 3 rings (SSSR count). The number of hydrogen-bond acceptors (Lipinski definition) is 2. The van der Waals surface area contributed by atoms with Crippen LogP contribution in [0.5, 0.6) is 0 Å². The molecule has 0 aliphatic rings. The standard InChI is InChI=1S/C16H16N2O.C2H6/c1-2-5-14(6-3-1)13-19-10-8-15-11-16-7-4-9-17-18(16)12-15;1-2/h1-7,9,11-12H,8,10,13H2;1-2H3. The van der Waals surface area contributed by atoms with Gasteiger partial charge in [0.1, 0.15) is 0 Å². The van der Waals surface area contributed by atoms with Crippen molar-refractivity contribution >= 4 is 5.52 Å². The van der Waals surface area contributed by atoms with Crippen LogP contribution in [-0.2, 0) is 17.8 Å². The molecule has 1 aromatic carbocycles. The Morgan fingerprint density at radius 3 is 2.57 bits per heavy atom. The molecule has 0 saturated carbocycles. The molecule has 0 bridgehead atoms. The van der Waals surface area contributed by atoms with Gasteiger partial charge in [0.2, 0.25) is 0 Å². The Morgan fingerprint density at radius 1 is 1.00 bits per heavy atom. The monoisotopic (exact) mass is 282 g/mol. The summed E-state index contributed by atoms with van der Waals surface area (Å²) in [5, 5.41) is 4.25. The van der Waals surface area contributed by atoms with Gasteiger partial charge in [-0.15, -0.1) is 0 Å². The first-order valence-electron chi connectivity index (χ1n) is 7.46. The summed E-state index contributed by atoms with van der Waals surface area (Å²) in [6, 6.07) is 16.4. The molecule has 0 fully saturated rings. The second kappa shape index (κ2) is 8.22. The molecule has 0 radical (unpaired) electrons. The molecule has 0 unspecified atom stereocenters. The summed E-state index contributed by atoms with van der Waals surface area (Å²) >= 11 is 0. The summed E-state index contributed by atoms with van der Waals surface area (Å²) in [6.45, 7) is 5.40. The normalized spacial score (nSPS) is 10.2. The van der Waals surface area contributed by atoms with E-state index in [0.29, 0.717) is 6.61 Å². The molecular formula is C18H22N2O. The van der Waals surface area contributed by atoms with Crippen molar-refractivity contribution < 1.29 is 4.74 Å². The third kappa shape index (κ3) is 4.43. The number of ether oxygens (including phenoxy) is 1. The zero-order chi connectivity index (χ0) is 14.9. The molecule has 0 N–H and O–H groups in total. The maximum Gasteiger partial charge on any atom is 0.0717 e. The maximum absolute atomic E-state index is 5.69. The van der Waals surface area contributed by atoms with Crippen LogP contribution in [0.4, 0.5) is 0 Å². The second-order valence-electron chi connectivity index (χ2n) is 4.53. The van der Waals surface area contributed by atoms with Crippen molar-refractivity contribution in [2.75, 3.05) is 6.61 Å². The number of rotatable bonds is 5. The Morgan fingerprint density at radius 2 is 1.81 bits per heavy atom. The van der Waals surface area contributed by atoms with Gasteiger partial charge in [0.15, 0.2) is 0 Å². The molecule has 110 valence electrons. The van der Waals surface area contributed by atoms with Crippen LogP contribution in [0.2, 0.25) is 0 Å². The summed E-state index contributed by atoms with van der Waals surface area (Å²) in [4.78, 5) is 0. The fraction of sp³-hybridized carbons (Fsp3) is 0.278. The molecule has 3 aromatic rings. The quantitative estimate of drug-likeness (QED) is 0.658. The van der Waals surface area contributed by atoms with Gasteiger partial charge < -0.3 is 4.74 Å². The van der Waals surface area contributed by atoms with Crippen LogP contribution >= 0.6 is 0 Å². The van der Waals surface area contributed by atoms with E-state index in [1.807, 2.05) is 42.6 Å². The van der Waals surface area contributed by atoms with Crippen molar-refractivity contribution in [1.82, 2.24) is 9.61 Å². The van der Waals surface area contributed by atoms with E-state index >= 15 is 0 Å². The van der Waals surface area contributed by atoms with Crippen molar-refractivity contribution in [3.8, 4) is 0 Å². The largest absolute Gasteiger partial charge is 0.376 e. The molecule has 0 atom stereocenters. The Balaban J connectivity index is 0.000000774. The summed E-state index contributed by atoms with van der Waals surface area (Å²) in [5.41, 5.74) is 3.60. The highest BCUT2D eigenvalue weighted by molar-refractivity contribution is 5.48. The van der Waals surface area contributed by atoms with E-state index in [9.17, 15) is 0 Å². The topological polar surface area (TPSA) is 26.5 Å². The van der Waals surface area contributed by atoms with Crippen molar-refractivity contribution in [2.45, 2.75) is 26.9 Å². The number of benzene rings is 1. The van der Waals surface area contributed by atoms with Gasteiger partial charge in [-0.2, -0.15) is 5.10 Å². The van der Waals surface area contributed by atoms with Gasteiger partial charge in [0.25, 0.3) is 0 Å². The van der Waals surface area contributed by atoms with Gasteiger partial charge in [-0.25, -0.2) is 4.52 Å². The van der Waals surface area contributed by atoms with Crippen LogP contribution < -0.4 is 0 Å². The van der Waals surface area contributed by atoms with Crippen LogP contribution in [0.15, 0.2) is 60.9 Å². The minimum absolute atomic E-state index is 0.673. The number of nitrogens with zero attached hydrogens (tertiary/aromatic N) is 2. The van der Waals surface area contributed by atoms with E-state index in [2.05, 4.69) is 35.6 Å². The molecule has 0 amide bonds. The molecule has 3 nitrogen and oxygen atoms in total. The Hall–Kier alpha value is -2.13. The minimum atomic E-state index is 0.673. The van der Waals surface area contributed by atoms with Crippen molar-refractivity contribution in [2.24, 2.45) is 0 Å². The summed E-state index contributed by atoms with van der Waals surface area (Å²) in [7, 11) is 0. The van der Waals surface area contributed by atoms with Gasteiger partial charge in [-0.05, 0) is 35.7 Å². The molecule has 0 spiro atoms. The van der Waals surface area contributed by atoms with Crippen molar-refractivity contribution in [3.63, 3.8) is 0 Å². The Labute approximate surface area is 126 Å². The first-order chi connectivity index (χ1) is 10.4. The molecule has 0 saturated heterocycles. The average Bonchev–Trinajstić information content (AvgIpc) is 2.97. The lowest BCUT2D eigenvalue weighted by Gasteiger charge is -2.02. The van der Waals surface area contributed by atoms with E-state index in [-0.39, 0.29) is 0 Å². The lowest BCUT2D eigenvalue weighted by molar-refractivity contribution is 0.124. The highest BCUT2D eigenvalue weighted by Gasteiger charge is 2.00. The maximum atomic E-state index is 5.69. The number of fused-ring (bicyclic) bond motifs is 1. The fourth-order valence-corrected chi connectivity index (χ4v) is 2.09. The average molecular weight is 282 g/mol. The van der Waals surface area contributed by atoms with Gasteiger partial charge >= 0.3 is 0 Å². The van der Waals surface area contributed by atoms with Crippen LogP contribution in [0, 0.1) is 0 Å². The zero-order valence-electron chi connectivity index (χ0n) is 12.7. The summed E-state index contributed by atoms with van der Waals surface area (Å²) < 4.78 is 7.59. The second-order valence-corrected chi connectivity index (χ2v) is 4.53. The molecule has 3 heteroatoms. The van der Waals surface area contributed by atoms with E-state index in [1.54, 1.807) is 6.20 Å². The fourth-order valence-electron chi connectivity index (χ4n) is 2.09. The van der Waals surface area contributed by atoms with Crippen LogP contribution in [0.3, 0.4) is 0 Å². The molecule has 2 aromatic heterocycles. The third-order valence-electron chi connectivity index (χ3n) is 3.08. The van der Waals surface area contributed by atoms with Crippen molar-refractivity contribution in [3.05, 3.63) is 72.1 Å². The van der Waals surface area contributed by atoms with Crippen LogP contribution in [0.1, 0.15) is 25.0 Å². The first kappa shape index (κ1) is 15.3. The van der Waals surface area contributed by atoms with Crippen LogP contribution in [0.25, 0.3) is 5.52 Å². The smallest absolute Gasteiger partial charge is 0.0717 e. The van der Waals surface area contributed by atoms with Crippen molar-refractivity contribution in [1.29, 1.82) is 0 Å². The molecule has 21 heavy (non-hydrogen) atoms. The van der Waals surface area contributed by atoms with Crippen LogP contribution in [-0.4, -0.2) is 16.2 Å². The first-order valence-corrected chi connectivity index (χ1v) is 7.46. The highest BCUT2D eigenvalue weighted by Crippen LogP contribution is 2.09. The van der Waals surface area contributed by atoms with E-state index in [0.717, 1.165) is 18.5 Å². The number of hydrogen-bond donors (Lipinski definition) is 0. The predicted molar refractivity (Wildman–Crippen MR) is 86.3 cm³/mol. The Bertz CT molecular complexity index is 613. The molecule has 0 aliphatic carbocycles. The summed E-state index contributed by atoms with van der Waals surface area (Å²) in [5.74, 6) is 0. The molecule has 0 aliphatic heterocycles. The van der Waals surface area contributed by atoms with Gasteiger partial charge in [-0.1, -0.05) is 44.2 Å². The SMILES string of the molecule is CC.c1ccc(COCCc2cc3cccnn3c2)cc1. The summed E-state index contributed by atoms with van der Waals surface area (Å²) in [6.07, 6.45) is 4.76. The van der Waals surface area contributed by atoms with Gasteiger partial charge in [0.05, 0.1) is 18.7 Å². The van der Waals surface area contributed by atoms with Gasteiger partial charge in [0, 0.05) is 12.4 Å². The lowest BCUT2D eigenvalue weighted by Crippen LogP contribution is -1.98. The highest BCUT2D eigenvalue weighted by atomic mass is 16.5.